The smallest absolute Gasteiger partial charge is 0.387 e. The zero-order chi connectivity index (χ0) is 40.2. The molecule has 4 aromatic heterocycles. The molecular formula is C21H30N10O19P4S. The summed E-state index contributed by atoms with van der Waals surface area (Å²) < 4.78 is 83.8. The summed E-state index contributed by atoms with van der Waals surface area (Å²) in [6.45, 7) is -2.22. The van der Waals surface area contributed by atoms with Crippen LogP contribution in [0.25, 0.3) is 22.3 Å². The fourth-order valence-corrected chi connectivity index (χ4v) is 10.6. The fourth-order valence-electron chi connectivity index (χ4n) is 5.25. The molecule has 34 heteroatoms. The molecule has 4 aromatic rings. The Morgan fingerprint density at radius 2 is 1.13 bits per heavy atom. The summed E-state index contributed by atoms with van der Waals surface area (Å²) in [4.78, 5) is 63.8. The number of thioether (sulfide) groups is 1. The van der Waals surface area contributed by atoms with E-state index in [1.165, 1.54) is 4.57 Å². The van der Waals surface area contributed by atoms with Gasteiger partial charge < -0.3 is 60.9 Å². The van der Waals surface area contributed by atoms with Gasteiger partial charge in [-0.15, -0.1) is 0 Å². The van der Waals surface area contributed by atoms with E-state index in [-0.39, 0.29) is 39.1 Å². The van der Waals surface area contributed by atoms with Gasteiger partial charge in [0, 0.05) is 0 Å². The average molecular weight is 882 g/mol. The highest BCUT2D eigenvalue weighted by molar-refractivity contribution is 7.98. The summed E-state index contributed by atoms with van der Waals surface area (Å²) in [7, 11) is -24.0. The minimum atomic E-state index is -6.20. The summed E-state index contributed by atoms with van der Waals surface area (Å²) in [5, 5.41) is 42.3. The van der Waals surface area contributed by atoms with Crippen LogP contribution in [0.2, 0.25) is 0 Å². The van der Waals surface area contributed by atoms with Crippen molar-refractivity contribution in [1.82, 2.24) is 39.0 Å². The molecule has 0 amide bonds. The number of hydrogen-bond donors (Lipinski definition) is 10. The van der Waals surface area contributed by atoms with Crippen LogP contribution in [-0.4, -0.2) is 135 Å². The van der Waals surface area contributed by atoms with Crippen molar-refractivity contribution in [3.63, 3.8) is 0 Å². The zero-order valence-electron chi connectivity index (χ0n) is 27.3. The number of rotatable bonds is 15. The minimum absolute atomic E-state index is 0.000929. The van der Waals surface area contributed by atoms with Gasteiger partial charge in [0.1, 0.15) is 54.0 Å². The minimum Gasteiger partial charge on any atom is -0.387 e. The highest BCUT2D eigenvalue weighted by atomic mass is 32.2. The van der Waals surface area contributed by atoms with Crippen LogP contribution < -0.4 is 11.5 Å². The lowest BCUT2D eigenvalue weighted by Crippen LogP contribution is -2.33. The van der Waals surface area contributed by atoms with Crippen molar-refractivity contribution in [1.29, 1.82) is 0 Å². The molecule has 304 valence electrons. The number of phosphoric ester groups is 2. The van der Waals surface area contributed by atoms with E-state index in [2.05, 4.69) is 51.9 Å². The van der Waals surface area contributed by atoms with Gasteiger partial charge in [-0.05, 0) is 6.26 Å². The third-order valence-electron chi connectivity index (χ3n) is 7.64. The number of aromatic nitrogens is 8. The summed E-state index contributed by atoms with van der Waals surface area (Å²) >= 11 is 1.14. The first-order chi connectivity index (χ1) is 25.6. The molecule has 0 aliphatic carbocycles. The molecule has 55 heavy (non-hydrogen) atoms. The molecule has 6 rings (SSSR count). The Bertz CT molecular complexity index is 2270. The van der Waals surface area contributed by atoms with E-state index in [1.54, 1.807) is 6.26 Å². The normalized spacial score (nSPS) is 30.3. The Kier molecular flexibility index (Phi) is 11.9. The van der Waals surface area contributed by atoms with E-state index in [0.717, 1.165) is 35.3 Å². The molecule has 4 unspecified atom stereocenters. The van der Waals surface area contributed by atoms with Gasteiger partial charge in [-0.2, -0.15) is 12.9 Å². The number of hydrogen-bond acceptors (Lipinski definition) is 24. The number of anilines is 2. The van der Waals surface area contributed by atoms with Crippen LogP contribution in [-0.2, 0) is 49.7 Å². The van der Waals surface area contributed by atoms with E-state index < -0.39 is 93.6 Å². The number of fused-ring (bicyclic) bond motifs is 2. The highest BCUT2D eigenvalue weighted by Crippen LogP contribution is 2.71. The topological polar surface area (TPSA) is 434 Å². The van der Waals surface area contributed by atoms with Gasteiger partial charge in [0.05, 0.1) is 25.9 Å². The molecule has 0 bridgehead atoms. The lowest BCUT2D eigenvalue weighted by atomic mass is 10.1. The molecule has 2 saturated heterocycles. The van der Waals surface area contributed by atoms with E-state index in [0.29, 0.717) is 0 Å². The van der Waals surface area contributed by atoms with Crippen LogP contribution in [0.5, 0.6) is 0 Å². The Morgan fingerprint density at radius 3 is 1.62 bits per heavy atom. The largest absolute Gasteiger partial charge is 0.490 e. The Morgan fingerprint density at radius 1 is 0.673 bits per heavy atom. The predicted octanol–water partition coefficient (Wildman–Crippen LogP) is -1.72. The van der Waals surface area contributed by atoms with Gasteiger partial charge in [-0.1, -0.05) is 11.8 Å². The second-order valence-corrected chi connectivity index (χ2v) is 18.3. The SMILES string of the molecule is CSc1nc(N)c2ncn([C@@H]3O[C@H](COP(=O)(O)OP(=O)(O)OP(=O)(O)OP(=O)(O)OC[C@H]4O[C@@H](n5cnc6c(N)ncnc65)[C@H](O)[C@@H]4O)[C@@H](O)[C@H]3O)c2n1. The maximum Gasteiger partial charge on any atom is 0.490 e. The van der Waals surface area contributed by atoms with Crippen LogP contribution >= 0.6 is 43.1 Å². The summed E-state index contributed by atoms with van der Waals surface area (Å²) in [6, 6.07) is 0. The lowest BCUT2D eigenvalue weighted by molar-refractivity contribution is -0.0505. The molecule has 29 nitrogen and oxygen atoms in total. The first-order valence-electron chi connectivity index (χ1n) is 14.9. The van der Waals surface area contributed by atoms with Crippen LogP contribution in [0.3, 0.4) is 0 Å². The van der Waals surface area contributed by atoms with Gasteiger partial charge in [0.25, 0.3) is 0 Å². The Labute approximate surface area is 309 Å². The second kappa shape index (κ2) is 15.6. The number of aliphatic hydroxyl groups is 4. The van der Waals surface area contributed by atoms with Crippen LogP contribution in [0.4, 0.5) is 11.6 Å². The molecule has 6 heterocycles. The maximum absolute atomic E-state index is 12.5. The van der Waals surface area contributed by atoms with Crippen LogP contribution in [0.15, 0.2) is 24.1 Å². The number of nitrogens with zero attached hydrogens (tertiary/aromatic N) is 8. The third-order valence-corrected chi connectivity index (χ3v) is 14.1. The molecule has 12 N–H and O–H groups in total. The van der Waals surface area contributed by atoms with E-state index in [9.17, 15) is 58.3 Å². The number of phosphoric acid groups is 4. The predicted molar refractivity (Wildman–Crippen MR) is 178 cm³/mol. The summed E-state index contributed by atoms with van der Waals surface area (Å²) in [5.74, 6) is -0.0153. The molecule has 0 spiro atoms. The fraction of sp³-hybridized carbons (Fsp3) is 0.524. The van der Waals surface area contributed by atoms with Crippen molar-refractivity contribution in [2.75, 3.05) is 30.9 Å². The van der Waals surface area contributed by atoms with Crippen molar-refractivity contribution in [2.24, 2.45) is 0 Å². The van der Waals surface area contributed by atoms with Crippen molar-refractivity contribution in [3.8, 4) is 0 Å². The van der Waals surface area contributed by atoms with Gasteiger partial charge in [-0.25, -0.2) is 48.2 Å². The molecule has 0 saturated carbocycles. The first-order valence-corrected chi connectivity index (χ1v) is 22.1. The molecule has 2 fully saturated rings. The van der Waals surface area contributed by atoms with Crippen molar-refractivity contribution in [3.05, 3.63) is 19.0 Å². The number of imidazole rings is 2. The third kappa shape index (κ3) is 9.09. The molecule has 0 radical (unpaired) electrons. The van der Waals surface area contributed by atoms with Crippen molar-refractivity contribution >= 4 is 77.0 Å². The number of nitrogens with two attached hydrogens (primary N) is 2. The molecule has 12 atom stereocenters. The average Bonchev–Trinajstić information content (AvgIpc) is 3.83. The van der Waals surface area contributed by atoms with Crippen molar-refractivity contribution < 1.29 is 89.7 Å². The Hall–Kier alpha value is -2.63. The first kappa shape index (κ1) is 42.0. The number of nitrogen functional groups attached to an aromatic ring is 2. The molecule has 2 aliphatic rings. The van der Waals surface area contributed by atoms with E-state index in [1.807, 2.05) is 0 Å². The maximum atomic E-state index is 12.5. The van der Waals surface area contributed by atoms with Gasteiger partial charge in [0.15, 0.2) is 40.5 Å². The molecular weight excluding hydrogens is 852 g/mol. The van der Waals surface area contributed by atoms with Gasteiger partial charge in [0.2, 0.25) is 0 Å². The van der Waals surface area contributed by atoms with E-state index >= 15 is 0 Å². The summed E-state index contributed by atoms with van der Waals surface area (Å²) in [5.41, 5.74) is 12.0. The molecule has 0 aromatic carbocycles. The lowest BCUT2D eigenvalue weighted by Gasteiger charge is -2.21. The van der Waals surface area contributed by atoms with Crippen molar-refractivity contribution in [2.45, 2.75) is 54.2 Å². The molecule has 2 aliphatic heterocycles. The highest BCUT2D eigenvalue weighted by Gasteiger charge is 2.50. The standard InChI is InChI=1S/C21H30N10O19P4S/c1-55-21-28-16(23)10-18(29-21)31(6-27-10)20-14(35)12(33)8(47-20)3-45-52(38,39)49-54(42,43)50-53(40,41)48-51(36,37)44-2-7-11(32)13(34)19(46-7)30-5-26-9-15(22)24-4-25-17(9)30/h4-8,11-14,19-20,32-35H,2-3H2,1H3,(H,36,37)(H,38,39)(H,40,41)(H,42,43)(H2,22,24,25)(H2,23,28,29)/t7-,8-,11-,12-,13-,14-,19-,20-/m1/s1. The zero-order valence-corrected chi connectivity index (χ0v) is 31.7. The monoisotopic (exact) mass is 882 g/mol. The van der Waals surface area contributed by atoms with E-state index in [4.69, 9.17) is 20.9 Å². The quantitative estimate of drug-likeness (QED) is 0.0360. The number of ether oxygens (including phenoxy) is 2. The van der Waals surface area contributed by atoms with Gasteiger partial charge >= 0.3 is 31.3 Å². The van der Waals surface area contributed by atoms with Crippen LogP contribution in [0.1, 0.15) is 12.5 Å². The second-order valence-electron chi connectivity index (χ2n) is 11.3. The van der Waals surface area contributed by atoms with Gasteiger partial charge in [-0.3, -0.25) is 18.2 Å². The number of aliphatic hydroxyl groups excluding tert-OH is 4. The summed E-state index contributed by atoms with van der Waals surface area (Å²) in [6.07, 6.45) is -8.03. The van der Waals surface area contributed by atoms with Crippen LogP contribution in [0, 0.1) is 0 Å². The Balaban J connectivity index is 1.02.